The van der Waals surface area contributed by atoms with E-state index in [-0.39, 0.29) is 5.92 Å². The Hall–Kier alpha value is -0.570. The minimum absolute atomic E-state index is 0.201. The van der Waals surface area contributed by atoms with Crippen molar-refractivity contribution >= 4 is 5.91 Å². The van der Waals surface area contributed by atoms with E-state index < -0.39 is 0 Å². The zero-order chi connectivity index (χ0) is 13.1. The fourth-order valence-electron chi connectivity index (χ4n) is 3.86. The first-order chi connectivity index (χ1) is 8.65. The van der Waals surface area contributed by atoms with Gasteiger partial charge in [0.25, 0.3) is 0 Å². The molecule has 18 heavy (non-hydrogen) atoms. The normalized spacial score (nSPS) is 37.6. The number of nitrogens with zero attached hydrogens (tertiary/aromatic N) is 1. The van der Waals surface area contributed by atoms with Crippen LogP contribution >= 0.6 is 0 Å². The molecule has 0 aromatic heterocycles. The smallest absolute Gasteiger partial charge is 0.226 e. The summed E-state index contributed by atoms with van der Waals surface area (Å²) in [4.78, 5) is 15.0. The van der Waals surface area contributed by atoms with Crippen molar-refractivity contribution in [2.24, 2.45) is 17.6 Å². The second kappa shape index (κ2) is 6.05. The third-order valence-corrected chi connectivity index (χ3v) is 4.98. The fraction of sp³-hybridized carbons (Fsp3) is 0.933. The molecule has 2 unspecified atom stereocenters. The first kappa shape index (κ1) is 13.9. The maximum absolute atomic E-state index is 12.8. The summed E-state index contributed by atoms with van der Waals surface area (Å²) < 4.78 is 0. The van der Waals surface area contributed by atoms with Gasteiger partial charge in [-0.15, -0.1) is 0 Å². The molecule has 2 aliphatic rings. The molecule has 104 valence electrons. The number of likely N-dealkylation sites (tertiary alicyclic amines) is 1. The van der Waals surface area contributed by atoms with Gasteiger partial charge in [0.05, 0.1) is 0 Å². The zero-order valence-electron chi connectivity index (χ0n) is 11.9. The summed E-state index contributed by atoms with van der Waals surface area (Å²) in [7, 11) is 0. The van der Waals surface area contributed by atoms with E-state index in [0.29, 0.717) is 30.5 Å². The molecule has 2 fully saturated rings. The van der Waals surface area contributed by atoms with Gasteiger partial charge in [-0.2, -0.15) is 0 Å². The molecule has 0 bridgehead atoms. The van der Waals surface area contributed by atoms with Gasteiger partial charge in [-0.05, 0) is 58.4 Å². The van der Waals surface area contributed by atoms with E-state index in [4.69, 9.17) is 5.73 Å². The van der Waals surface area contributed by atoms with Crippen LogP contribution in [0, 0.1) is 11.8 Å². The van der Waals surface area contributed by atoms with Crippen LogP contribution in [0.3, 0.4) is 0 Å². The molecular weight excluding hydrogens is 224 g/mol. The first-order valence-corrected chi connectivity index (χ1v) is 7.67. The van der Waals surface area contributed by atoms with E-state index in [1.807, 2.05) is 0 Å². The monoisotopic (exact) mass is 252 g/mol. The Bertz CT molecular complexity index is 282. The van der Waals surface area contributed by atoms with Crippen LogP contribution in [0.4, 0.5) is 0 Å². The molecule has 3 nitrogen and oxygen atoms in total. The van der Waals surface area contributed by atoms with Gasteiger partial charge >= 0.3 is 0 Å². The van der Waals surface area contributed by atoms with Gasteiger partial charge in [0.1, 0.15) is 0 Å². The molecule has 0 aromatic rings. The molecule has 3 heteroatoms. The number of hydrogen-bond donors (Lipinski definition) is 1. The molecule has 0 aromatic carbocycles. The summed E-state index contributed by atoms with van der Waals surface area (Å²) in [6.07, 6.45) is 8.23. The van der Waals surface area contributed by atoms with Crippen molar-refractivity contribution in [3.05, 3.63) is 0 Å². The number of hydrogen-bond acceptors (Lipinski definition) is 2. The number of carbonyl (C=O) groups excluding carboxylic acids is 1. The Balaban J connectivity index is 2.08. The fourth-order valence-corrected chi connectivity index (χ4v) is 3.86. The second-order valence-corrected chi connectivity index (χ2v) is 6.26. The number of carbonyl (C=O) groups is 1. The highest BCUT2D eigenvalue weighted by atomic mass is 16.2. The molecule has 0 spiro atoms. The van der Waals surface area contributed by atoms with Gasteiger partial charge < -0.3 is 10.6 Å². The van der Waals surface area contributed by atoms with E-state index in [0.717, 1.165) is 25.7 Å². The van der Waals surface area contributed by atoms with Crippen LogP contribution in [0.2, 0.25) is 0 Å². The molecule has 1 saturated carbocycles. The van der Waals surface area contributed by atoms with Crippen LogP contribution in [-0.2, 0) is 4.79 Å². The van der Waals surface area contributed by atoms with Crippen molar-refractivity contribution in [3.63, 3.8) is 0 Å². The van der Waals surface area contributed by atoms with Crippen molar-refractivity contribution in [1.29, 1.82) is 0 Å². The largest absolute Gasteiger partial charge is 0.337 e. The molecule has 1 amide bonds. The minimum Gasteiger partial charge on any atom is -0.337 e. The van der Waals surface area contributed by atoms with E-state index in [9.17, 15) is 4.79 Å². The molecule has 4 atom stereocenters. The third kappa shape index (κ3) is 2.71. The topological polar surface area (TPSA) is 46.3 Å². The van der Waals surface area contributed by atoms with Crippen molar-refractivity contribution in [3.8, 4) is 0 Å². The number of rotatable bonds is 2. The number of piperidine rings is 1. The molecule has 1 aliphatic heterocycles. The summed E-state index contributed by atoms with van der Waals surface area (Å²) >= 11 is 0. The first-order valence-electron chi connectivity index (χ1n) is 7.67. The highest BCUT2D eigenvalue weighted by Crippen LogP contribution is 2.33. The van der Waals surface area contributed by atoms with Gasteiger partial charge in [0.2, 0.25) is 5.91 Å². The lowest BCUT2D eigenvalue weighted by Gasteiger charge is -2.43. The Labute approximate surface area is 111 Å². The van der Waals surface area contributed by atoms with Gasteiger partial charge in [0.15, 0.2) is 0 Å². The summed E-state index contributed by atoms with van der Waals surface area (Å²) in [6.45, 7) is 5.08. The molecule has 2 N–H and O–H groups in total. The van der Waals surface area contributed by atoms with Gasteiger partial charge in [-0.3, -0.25) is 4.79 Å². The van der Waals surface area contributed by atoms with Gasteiger partial charge in [-0.25, -0.2) is 0 Å². The number of amides is 1. The Morgan fingerprint density at radius 2 is 1.67 bits per heavy atom. The predicted molar refractivity (Wildman–Crippen MR) is 74.1 cm³/mol. The highest BCUT2D eigenvalue weighted by Gasteiger charge is 2.37. The summed E-state index contributed by atoms with van der Waals surface area (Å²) in [5.41, 5.74) is 5.86. The molecule has 1 heterocycles. The molecule has 0 radical (unpaired) electrons. The Kier molecular flexibility index (Phi) is 4.66. The lowest BCUT2D eigenvalue weighted by molar-refractivity contribution is -0.144. The van der Waals surface area contributed by atoms with Crippen LogP contribution in [0.5, 0.6) is 0 Å². The third-order valence-electron chi connectivity index (χ3n) is 4.98. The van der Waals surface area contributed by atoms with Crippen molar-refractivity contribution in [2.45, 2.75) is 70.9 Å². The van der Waals surface area contributed by atoms with E-state index >= 15 is 0 Å². The van der Waals surface area contributed by atoms with Gasteiger partial charge in [-0.1, -0.05) is 12.8 Å². The van der Waals surface area contributed by atoms with Crippen molar-refractivity contribution in [1.82, 2.24) is 4.90 Å². The van der Waals surface area contributed by atoms with E-state index in [2.05, 4.69) is 18.7 Å². The van der Waals surface area contributed by atoms with Crippen molar-refractivity contribution in [2.75, 3.05) is 6.54 Å². The standard InChI is InChI=1S/C15H28N2O/c1-11-6-5-7-12(2)17(11)15(18)14-9-4-3-8-13(14)10-16/h11-14H,3-10,16H2,1-2H3/t11-,12+,13?,14?. The van der Waals surface area contributed by atoms with Gasteiger partial charge in [0, 0.05) is 18.0 Å². The van der Waals surface area contributed by atoms with E-state index in [1.165, 1.54) is 19.3 Å². The average Bonchev–Trinajstić information content (AvgIpc) is 2.38. The predicted octanol–water partition coefficient (Wildman–Crippen LogP) is 2.54. The zero-order valence-corrected chi connectivity index (χ0v) is 11.9. The maximum atomic E-state index is 12.8. The van der Waals surface area contributed by atoms with Crippen LogP contribution in [0.1, 0.15) is 58.8 Å². The molecule has 1 saturated heterocycles. The highest BCUT2D eigenvalue weighted by molar-refractivity contribution is 5.80. The molecular formula is C15H28N2O. The van der Waals surface area contributed by atoms with Crippen LogP contribution in [-0.4, -0.2) is 29.4 Å². The minimum atomic E-state index is 0.201. The van der Waals surface area contributed by atoms with Crippen molar-refractivity contribution < 1.29 is 4.79 Å². The average molecular weight is 252 g/mol. The summed E-state index contributed by atoms with van der Waals surface area (Å²) in [6, 6.07) is 0.836. The molecule has 1 aliphatic carbocycles. The van der Waals surface area contributed by atoms with Crippen LogP contribution in [0.15, 0.2) is 0 Å². The van der Waals surface area contributed by atoms with Crippen LogP contribution < -0.4 is 5.73 Å². The van der Waals surface area contributed by atoms with E-state index in [1.54, 1.807) is 0 Å². The number of nitrogens with two attached hydrogens (primary N) is 1. The quantitative estimate of drug-likeness (QED) is 0.821. The Morgan fingerprint density at radius 1 is 1.06 bits per heavy atom. The summed E-state index contributed by atoms with van der Waals surface area (Å²) in [5, 5.41) is 0. The second-order valence-electron chi connectivity index (χ2n) is 6.26. The summed E-state index contributed by atoms with van der Waals surface area (Å²) in [5.74, 6) is 1.02. The lowest BCUT2D eigenvalue weighted by atomic mass is 9.77. The molecule has 2 rings (SSSR count). The SMILES string of the molecule is C[C@@H]1CCC[C@H](C)N1C(=O)C1CCCCC1CN. The van der Waals surface area contributed by atoms with Crippen LogP contribution in [0.25, 0.3) is 0 Å². The maximum Gasteiger partial charge on any atom is 0.226 e. The lowest BCUT2D eigenvalue weighted by Crippen LogP contribution is -2.52. The Morgan fingerprint density at radius 3 is 2.28 bits per heavy atom.